The first-order valence-electron chi connectivity index (χ1n) is 6.88. The lowest BCUT2D eigenvalue weighted by molar-refractivity contribution is -0.0504. The maximum atomic E-state index is 12.4. The van der Waals surface area contributed by atoms with Crippen LogP contribution in [0.25, 0.3) is 0 Å². The van der Waals surface area contributed by atoms with Crippen LogP contribution in [0.5, 0.6) is 5.75 Å². The Morgan fingerprint density at radius 3 is 2.61 bits per heavy atom. The molecule has 23 heavy (non-hydrogen) atoms. The maximum absolute atomic E-state index is 12.4. The largest absolute Gasteiger partial charge is 0.434 e. The van der Waals surface area contributed by atoms with Crippen molar-refractivity contribution < 1.29 is 21.9 Å². The number of hydrogen-bond acceptors (Lipinski definition) is 4. The zero-order chi connectivity index (χ0) is 17.5. The van der Waals surface area contributed by atoms with E-state index in [-0.39, 0.29) is 24.6 Å². The van der Waals surface area contributed by atoms with Crippen molar-refractivity contribution >= 4 is 15.8 Å². The molecule has 0 bridgehead atoms. The van der Waals surface area contributed by atoms with Gasteiger partial charge in [0.25, 0.3) is 0 Å². The van der Waals surface area contributed by atoms with E-state index in [2.05, 4.69) is 20.4 Å². The molecule has 0 fully saturated rings. The van der Waals surface area contributed by atoms with Gasteiger partial charge in [0, 0.05) is 32.0 Å². The first kappa shape index (κ1) is 19.1. The number of alkyl halides is 2. The van der Waals surface area contributed by atoms with Crippen molar-refractivity contribution in [3.05, 3.63) is 29.3 Å². The molecule has 1 aromatic rings. The molecular weight excluding hydrogens is 328 g/mol. The molecule has 1 rings (SSSR count). The first-order chi connectivity index (χ1) is 10.7. The van der Waals surface area contributed by atoms with Gasteiger partial charge >= 0.3 is 6.61 Å². The second-order valence-corrected chi connectivity index (χ2v) is 7.23. The van der Waals surface area contributed by atoms with Crippen LogP contribution >= 0.6 is 0 Å². The lowest BCUT2D eigenvalue weighted by Gasteiger charge is -2.15. The third kappa shape index (κ3) is 7.78. The van der Waals surface area contributed by atoms with E-state index in [1.165, 1.54) is 13.1 Å². The van der Waals surface area contributed by atoms with Crippen LogP contribution in [0.4, 0.5) is 8.78 Å². The Balaban J connectivity index is 2.66. The number of halogens is 2. The minimum atomic E-state index is -3.07. The van der Waals surface area contributed by atoms with E-state index < -0.39 is 16.4 Å². The van der Waals surface area contributed by atoms with Gasteiger partial charge in [0.05, 0.1) is 5.75 Å². The maximum Gasteiger partial charge on any atom is 0.387 e. The Bertz CT molecular complexity index is 649. The summed E-state index contributed by atoms with van der Waals surface area (Å²) in [5.74, 6) is 0.431. The fourth-order valence-corrected chi connectivity index (χ4v) is 2.28. The molecule has 0 heterocycles. The van der Waals surface area contributed by atoms with Gasteiger partial charge in [0.15, 0.2) is 5.96 Å². The van der Waals surface area contributed by atoms with Crippen molar-refractivity contribution in [2.24, 2.45) is 4.99 Å². The van der Waals surface area contributed by atoms with Gasteiger partial charge in [-0.05, 0) is 13.0 Å². The van der Waals surface area contributed by atoms with Crippen LogP contribution in [0.15, 0.2) is 23.2 Å². The number of nitrogens with one attached hydrogen (secondary N) is 2. The Labute approximate surface area is 134 Å². The van der Waals surface area contributed by atoms with Crippen molar-refractivity contribution in [3.8, 4) is 5.75 Å². The van der Waals surface area contributed by atoms with Gasteiger partial charge in [-0.1, -0.05) is 17.7 Å². The Kier molecular flexibility index (Phi) is 7.21. The molecule has 1 aromatic carbocycles. The van der Waals surface area contributed by atoms with Gasteiger partial charge in [-0.15, -0.1) is 0 Å². The number of sulfone groups is 1. The lowest BCUT2D eigenvalue weighted by Crippen LogP contribution is -2.39. The highest BCUT2D eigenvalue weighted by molar-refractivity contribution is 7.90. The summed E-state index contributed by atoms with van der Waals surface area (Å²) < 4.78 is 51.5. The van der Waals surface area contributed by atoms with Crippen LogP contribution in [-0.4, -0.2) is 46.6 Å². The number of guanidine groups is 1. The fourth-order valence-electron chi connectivity index (χ4n) is 1.81. The quantitative estimate of drug-likeness (QED) is 0.573. The summed E-state index contributed by atoms with van der Waals surface area (Å²) in [5, 5.41) is 5.77. The molecule has 0 atom stereocenters. The predicted octanol–water partition coefficient (Wildman–Crippen LogP) is 1.31. The van der Waals surface area contributed by atoms with E-state index in [0.717, 1.165) is 11.8 Å². The van der Waals surface area contributed by atoms with E-state index in [9.17, 15) is 17.2 Å². The summed E-state index contributed by atoms with van der Waals surface area (Å²) in [6.07, 6.45) is 1.14. The lowest BCUT2D eigenvalue weighted by atomic mass is 10.1. The standard InChI is InChI=1S/C14H21F2N3O3S/c1-10-4-5-12(22-13(15)16)11(8-10)9-19-14(17-2)18-6-7-23(3,20)21/h4-5,8,13H,6-7,9H2,1-3H3,(H2,17,18,19). The van der Waals surface area contributed by atoms with Crippen LogP contribution in [-0.2, 0) is 16.4 Å². The summed E-state index contributed by atoms with van der Waals surface area (Å²) >= 11 is 0. The average Bonchev–Trinajstić information content (AvgIpc) is 2.43. The van der Waals surface area contributed by atoms with E-state index in [1.54, 1.807) is 12.1 Å². The summed E-state index contributed by atoms with van der Waals surface area (Å²) in [5.41, 5.74) is 1.46. The average molecular weight is 349 g/mol. The van der Waals surface area contributed by atoms with Gasteiger partial charge in [-0.25, -0.2) is 8.42 Å². The number of rotatable bonds is 7. The summed E-state index contributed by atoms with van der Waals surface area (Å²) in [6, 6.07) is 4.90. The highest BCUT2D eigenvalue weighted by Gasteiger charge is 2.10. The summed E-state index contributed by atoms with van der Waals surface area (Å²) in [6.45, 7) is -0.646. The predicted molar refractivity (Wildman–Crippen MR) is 85.7 cm³/mol. The zero-order valence-electron chi connectivity index (χ0n) is 13.3. The number of hydrogen-bond donors (Lipinski definition) is 2. The number of ether oxygens (including phenoxy) is 1. The second-order valence-electron chi connectivity index (χ2n) is 4.97. The molecule has 0 radical (unpaired) electrons. The minimum Gasteiger partial charge on any atom is -0.434 e. The van der Waals surface area contributed by atoms with Crippen molar-refractivity contribution in [2.45, 2.75) is 20.1 Å². The number of nitrogens with zero attached hydrogens (tertiary/aromatic N) is 1. The number of aliphatic imine (C=N–C) groups is 1. The minimum absolute atomic E-state index is 0.0299. The fraction of sp³-hybridized carbons (Fsp3) is 0.500. The van der Waals surface area contributed by atoms with Gasteiger partial charge in [0.2, 0.25) is 0 Å². The normalized spacial score (nSPS) is 12.3. The monoisotopic (exact) mass is 349 g/mol. The smallest absolute Gasteiger partial charge is 0.387 e. The Morgan fingerprint density at radius 1 is 1.35 bits per heavy atom. The molecule has 9 heteroatoms. The highest BCUT2D eigenvalue weighted by atomic mass is 32.2. The third-order valence-electron chi connectivity index (χ3n) is 2.87. The zero-order valence-corrected chi connectivity index (χ0v) is 14.1. The molecular formula is C14H21F2N3O3S. The van der Waals surface area contributed by atoms with Crippen molar-refractivity contribution in [3.63, 3.8) is 0 Å². The van der Waals surface area contributed by atoms with Gasteiger partial charge in [0.1, 0.15) is 15.6 Å². The van der Waals surface area contributed by atoms with Gasteiger partial charge < -0.3 is 15.4 Å². The van der Waals surface area contributed by atoms with E-state index in [0.29, 0.717) is 11.5 Å². The number of aryl methyl sites for hydroxylation is 1. The first-order valence-corrected chi connectivity index (χ1v) is 8.94. The molecule has 0 amide bonds. The Hall–Kier alpha value is -1.90. The van der Waals surface area contributed by atoms with Crippen molar-refractivity contribution in [1.82, 2.24) is 10.6 Å². The molecule has 6 nitrogen and oxygen atoms in total. The van der Waals surface area contributed by atoms with Crippen LogP contribution in [0.3, 0.4) is 0 Å². The molecule has 0 unspecified atom stereocenters. The van der Waals surface area contributed by atoms with E-state index >= 15 is 0 Å². The van der Waals surface area contributed by atoms with Gasteiger partial charge in [-0.2, -0.15) is 8.78 Å². The van der Waals surface area contributed by atoms with Crippen molar-refractivity contribution in [2.75, 3.05) is 25.6 Å². The SMILES string of the molecule is CN=C(NCCS(C)(=O)=O)NCc1cc(C)ccc1OC(F)F. The third-order valence-corrected chi connectivity index (χ3v) is 3.81. The molecule has 0 aliphatic heterocycles. The van der Waals surface area contributed by atoms with Crippen LogP contribution in [0.2, 0.25) is 0 Å². The second kappa shape index (κ2) is 8.66. The van der Waals surface area contributed by atoms with Crippen LogP contribution in [0, 0.1) is 6.92 Å². The highest BCUT2D eigenvalue weighted by Crippen LogP contribution is 2.21. The summed E-state index contributed by atoms with van der Waals surface area (Å²) in [4.78, 5) is 3.95. The van der Waals surface area contributed by atoms with Gasteiger partial charge in [-0.3, -0.25) is 4.99 Å². The molecule has 130 valence electrons. The van der Waals surface area contributed by atoms with Crippen LogP contribution < -0.4 is 15.4 Å². The topological polar surface area (TPSA) is 79.8 Å². The Morgan fingerprint density at radius 2 is 2.04 bits per heavy atom. The van der Waals surface area contributed by atoms with E-state index in [1.807, 2.05) is 6.92 Å². The molecule has 0 aromatic heterocycles. The molecule has 0 spiro atoms. The van der Waals surface area contributed by atoms with E-state index in [4.69, 9.17) is 0 Å². The molecule has 0 aliphatic rings. The summed E-state index contributed by atoms with van der Waals surface area (Å²) in [7, 11) is -1.54. The molecule has 2 N–H and O–H groups in total. The molecule has 0 saturated heterocycles. The van der Waals surface area contributed by atoms with Crippen molar-refractivity contribution in [1.29, 1.82) is 0 Å². The molecule has 0 aliphatic carbocycles. The number of benzene rings is 1. The van der Waals surface area contributed by atoms with Crippen LogP contribution in [0.1, 0.15) is 11.1 Å². The molecule has 0 saturated carbocycles.